The molecular formula is C21H26O7. The lowest BCUT2D eigenvalue weighted by Gasteiger charge is -2.20. The van der Waals surface area contributed by atoms with Crippen LogP contribution >= 0.6 is 0 Å². The molecule has 0 aliphatic carbocycles. The van der Waals surface area contributed by atoms with E-state index in [1.165, 1.54) is 19.1 Å². The van der Waals surface area contributed by atoms with Gasteiger partial charge in [0.1, 0.15) is 17.4 Å². The van der Waals surface area contributed by atoms with Crippen molar-refractivity contribution in [1.82, 2.24) is 0 Å². The zero-order valence-electron chi connectivity index (χ0n) is 16.1. The zero-order valence-corrected chi connectivity index (χ0v) is 16.1. The maximum atomic E-state index is 11.6. The number of carboxylic acid groups (broad SMARTS) is 1. The van der Waals surface area contributed by atoms with Crippen molar-refractivity contribution < 1.29 is 33.7 Å². The number of hydrogen-bond acceptors (Lipinski definition) is 6. The summed E-state index contributed by atoms with van der Waals surface area (Å²) in [5.74, 6) is -0.815. The van der Waals surface area contributed by atoms with Crippen LogP contribution in [-0.4, -0.2) is 47.4 Å². The topological polar surface area (TPSA) is 106 Å². The van der Waals surface area contributed by atoms with Gasteiger partial charge in [0.05, 0.1) is 19.3 Å². The number of unbranched alkanes of at least 4 members (excludes halogenated alkanes) is 1. The van der Waals surface area contributed by atoms with Crippen molar-refractivity contribution in [3.63, 3.8) is 0 Å². The first-order valence-corrected chi connectivity index (χ1v) is 9.15. The van der Waals surface area contributed by atoms with Gasteiger partial charge in [-0.25, -0.2) is 4.79 Å². The summed E-state index contributed by atoms with van der Waals surface area (Å²) >= 11 is 0. The highest BCUT2D eigenvalue weighted by atomic mass is 16.5. The highest BCUT2D eigenvalue weighted by molar-refractivity contribution is 5.93. The van der Waals surface area contributed by atoms with Crippen molar-refractivity contribution in [1.29, 1.82) is 0 Å². The molecular weight excluding hydrogens is 364 g/mol. The fourth-order valence-electron chi connectivity index (χ4n) is 2.95. The van der Waals surface area contributed by atoms with Gasteiger partial charge < -0.3 is 24.1 Å². The molecule has 0 spiro atoms. The molecule has 0 radical (unpaired) electrons. The number of Topliss-reactive ketones (excluding diaryl/α,β-unsaturated/α-hetero) is 1. The number of fused-ring (bicyclic) bond motifs is 1. The van der Waals surface area contributed by atoms with Gasteiger partial charge in [-0.1, -0.05) is 6.08 Å². The predicted octanol–water partition coefficient (Wildman–Crippen LogP) is 3.51. The van der Waals surface area contributed by atoms with Crippen LogP contribution in [0.1, 0.15) is 42.3 Å². The third-order valence-electron chi connectivity index (χ3n) is 4.39. The van der Waals surface area contributed by atoms with Crippen LogP contribution in [0.2, 0.25) is 0 Å². The van der Waals surface area contributed by atoms with E-state index in [0.717, 1.165) is 5.56 Å². The summed E-state index contributed by atoms with van der Waals surface area (Å²) in [4.78, 5) is 22.6. The van der Waals surface area contributed by atoms with Gasteiger partial charge in [0.25, 0.3) is 0 Å². The largest absolute Gasteiger partial charge is 0.493 e. The molecule has 0 aliphatic rings. The molecule has 2 unspecified atom stereocenters. The standard InChI is InChI=1S/C21H26O7/c1-4-10-27-20(14(3)22)16(23)7-5-6-11-26-17-9-8-15-12-18(21(24)25)28-19(15)13(17)2/h4,8-9,12,16,20,23H,1,5-7,10-11H2,2-3H3,(H,24,25). The molecule has 1 aromatic carbocycles. The molecule has 7 heteroatoms. The van der Waals surface area contributed by atoms with Crippen LogP contribution in [0.3, 0.4) is 0 Å². The molecule has 2 rings (SSSR count). The first kappa shape index (κ1) is 21.7. The molecule has 0 bridgehead atoms. The first-order chi connectivity index (χ1) is 13.3. The second-order valence-electron chi connectivity index (χ2n) is 6.59. The van der Waals surface area contributed by atoms with Gasteiger partial charge in [-0.05, 0) is 51.3 Å². The van der Waals surface area contributed by atoms with Crippen molar-refractivity contribution in [2.45, 2.75) is 45.3 Å². The number of carbonyl (C=O) groups is 2. The lowest BCUT2D eigenvalue weighted by atomic mass is 10.0. The average Bonchev–Trinajstić information content (AvgIpc) is 3.08. The molecule has 0 aliphatic heterocycles. The fourth-order valence-corrected chi connectivity index (χ4v) is 2.95. The van der Waals surface area contributed by atoms with E-state index in [2.05, 4.69) is 6.58 Å². The average molecular weight is 390 g/mol. The Morgan fingerprint density at radius 2 is 2.07 bits per heavy atom. The van der Waals surface area contributed by atoms with Gasteiger partial charge in [-0.2, -0.15) is 0 Å². The van der Waals surface area contributed by atoms with E-state index < -0.39 is 18.2 Å². The summed E-state index contributed by atoms with van der Waals surface area (Å²) in [6.45, 7) is 7.37. The lowest BCUT2D eigenvalue weighted by Crippen LogP contribution is -2.35. The Bertz CT molecular complexity index is 837. The number of ether oxygens (including phenoxy) is 2. The summed E-state index contributed by atoms with van der Waals surface area (Å²) in [5, 5.41) is 19.9. The van der Waals surface area contributed by atoms with Crippen molar-refractivity contribution in [3.8, 4) is 5.75 Å². The third-order valence-corrected chi connectivity index (χ3v) is 4.39. The Hall–Kier alpha value is -2.64. The number of hydrogen-bond donors (Lipinski definition) is 2. The molecule has 2 aromatic rings. The van der Waals surface area contributed by atoms with E-state index in [1.807, 2.05) is 6.92 Å². The Labute approximate surface area is 163 Å². The Morgan fingerprint density at radius 1 is 1.32 bits per heavy atom. The molecule has 1 heterocycles. The normalized spacial score (nSPS) is 13.2. The number of ketones is 1. The zero-order chi connectivity index (χ0) is 20.7. The molecule has 152 valence electrons. The van der Waals surface area contributed by atoms with E-state index in [9.17, 15) is 14.7 Å². The van der Waals surface area contributed by atoms with Crippen LogP contribution < -0.4 is 4.74 Å². The van der Waals surface area contributed by atoms with Crippen molar-refractivity contribution in [2.24, 2.45) is 0 Å². The monoisotopic (exact) mass is 390 g/mol. The minimum absolute atomic E-state index is 0.108. The number of aromatic carboxylic acids is 1. The minimum Gasteiger partial charge on any atom is -0.493 e. The van der Waals surface area contributed by atoms with E-state index in [4.69, 9.17) is 19.0 Å². The van der Waals surface area contributed by atoms with Crippen molar-refractivity contribution in [2.75, 3.05) is 13.2 Å². The highest BCUT2D eigenvalue weighted by Crippen LogP contribution is 2.30. The second-order valence-corrected chi connectivity index (χ2v) is 6.59. The van der Waals surface area contributed by atoms with Crippen LogP contribution in [0.5, 0.6) is 5.75 Å². The van der Waals surface area contributed by atoms with Crippen LogP contribution in [0.4, 0.5) is 0 Å². The van der Waals surface area contributed by atoms with Crippen LogP contribution in [0.25, 0.3) is 11.0 Å². The Morgan fingerprint density at radius 3 is 2.71 bits per heavy atom. The Balaban J connectivity index is 1.84. The number of aliphatic hydroxyl groups is 1. The van der Waals surface area contributed by atoms with Gasteiger partial charge in [0.15, 0.2) is 5.78 Å². The first-order valence-electron chi connectivity index (χ1n) is 9.15. The molecule has 0 saturated carbocycles. The van der Waals surface area contributed by atoms with Crippen LogP contribution in [-0.2, 0) is 9.53 Å². The van der Waals surface area contributed by atoms with Crippen LogP contribution in [0, 0.1) is 6.92 Å². The smallest absolute Gasteiger partial charge is 0.371 e. The van der Waals surface area contributed by atoms with Crippen LogP contribution in [0.15, 0.2) is 35.3 Å². The number of aliphatic hydroxyl groups excluding tert-OH is 1. The summed E-state index contributed by atoms with van der Waals surface area (Å²) in [5.41, 5.74) is 1.23. The maximum absolute atomic E-state index is 11.6. The maximum Gasteiger partial charge on any atom is 0.371 e. The van der Waals surface area contributed by atoms with Gasteiger partial charge in [-0.15, -0.1) is 6.58 Å². The van der Waals surface area contributed by atoms with Gasteiger partial charge in [0, 0.05) is 10.9 Å². The van der Waals surface area contributed by atoms with E-state index in [-0.39, 0.29) is 18.2 Å². The Kier molecular flexibility index (Phi) is 7.78. The number of rotatable bonds is 12. The molecule has 2 N–H and O–H groups in total. The number of furan rings is 1. The molecule has 7 nitrogen and oxygen atoms in total. The molecule has 0 saturated heterocycles. The molecule has 0 amide bonds. The molecule has 28 heavy (non-hydrogen) atoms. The van der Waals surface area contributed by atoms with E-state index in [1.54, 1.807) is 12.1 Å². The second kappa shape index (κ2) is 10.1. The van der Waals surface area contributed by atoms with Crippen molar-refractivity contribution >= 4 is 22.7 Å². The molecule has 2 atom stereocenters. The molecule has 0 fully saturated rings. The SMILES string of the molecule is C=CCOC(C(C)=O)C(O)CCCCOc1ccc2cc(C(=O)O)oc2c1C. The fraction of sp³-hybridized carbons (Fsp3) is 0.429. The summed E-state index contributed by atoms with van der Waals surface area (Å²) in [6, 6.07) is 5.02. The minimum atomic E-state index is -1.11. The van der Waals surface area contributed by atoms with E-state index >= 15 is 0 Å². The quantitative estimate of drug-likeness (QED) is 0.422. The van der Waals surface area contributed by atoms with Gasteiger partial charge >= 0.3 is 5.97 Å². The predicted molar refractivity (Wildman–Crippen MR) is 104 cm³/mol. The van der Waals surface area contributed by atoms with E-state index in [0.29, 0.717) is 42.6 Å². The number of aryl methyl sites for hydroxylation is 1. The summed E-state index contributed by atoms with van der Waals surface area (Å²) in [6.07, 6.45) is 1.59. The summed E-state index contributed by atoms with van der Waals surface area (Å²) < 4.78 is 16.5. The number of benzene rings is 1. The summed E-state index contributed by atoms with van der Waals surface area (Å²) in [7, 11) is 0. The van der Waals surface area contributed by atoms with Gasteiger partial charge in [0.2, 0.25) is 5.76 Å². The highest BCUT2D eigenvalue weighted by Gasteiger charge is 2.23. The van der Waals surface area contributed by atoms with Crippen molar-refractivity contribution in [3.05, 3.63) is 42.2 Å². The third kappa shape index (κ3) is 5.43. The molecule has 1 aromatic heterocycles. The van der Waals surface area contributed by atoms with Gasteiger partial charge in [-0.3, -0.25) is 4.79 Å². The number of carbonyl (C=O) groups excluding carboxylic acids is 1. The lowest BCUT2D eigenvalue weighted by molar-refractivity contribution is -0.135. The number of carboxylic acids is 1.